The molecule has 96 valence electrons. The van der Waals surface area contributed by atoms with E-state index in [0.717, 1.165) is 0 Å². The number of aliphatic hydroxyl groups excluding tert-OH is 1. The van der Waals surface area contributed by atoms with Gasteiger partial charge in [0.1, 0.15) is 0 Å². The van der Waals surface area contributed by atoms with E-state index in [4.69, 9.17) is 0 Å². The van der Waals surface area contributed by atoms with Gasteiger partial charge in [-0.1, -0.05) is 19.8 Å². The summed E-state index contributed by atoms with van der Waals surface area (Å²) in [6, 6.07) is 0. The Kier molecular flexibility index (Phi) is 8.34. The van der Waals surface area contributed by atoms with E-state index in [1.165, 1.54) is 63.2 Å². The highest BCUT2D eigenvalue weighted by molar-refractivity contribution is 7.99. The molecule has 1 N–H and O–H groups in total. The summed E-state index contributed by atoms with van der Waals surface area (Å²) in [5, 5.41) is 9.19. The molecular formula is C13H27NOS. The van der Waals surface area contributed by atoms with Crippen LogP contribution in [0.2, 0.25) is 0 Å². The fraction of sp³-hybridized carbons (Fsp3) is 1.00. The zero-order valence-electron chi connectivity index (χ0n) is 10.7. The smallest absolute Gasteiger partial charge is 0.0459 e. The van der Waals surface area contributed by atoms with Gasteiger partial charge in [0, 0.05) is 31.2 Å². The second kappa shape index (κ2) is 9.32. The molecule has 1 rings (SSSR count). The van der Waals surface area contributed by atoms with E-state index in [0.29, 0.717) is 12.5 Å². The fourth-order valence-corrected chi connectivity index (χ4v) is 3.31. The Morgan fingerprint density at radius 1 is 1.19 bits per heavy atom. The van der Waals surface area contributed by atoms with Crippen LogP contribution in [0.5, 0.6) is 0 Å². The molecule has 0 bridgehead atoms. The second-order valence-electron chi connectivity index (χ2n) is 4.79. The van der Waals surface area contributed by atoms with Crippen LogP contribution in [0, 0.1) is 5.92 Å². The lowest BCUT2D eigenvalue weighted by atomic mass is 9.98. The van der Waals surface area contributed by atoms with Gasteiger partial charge in [-0.25, -0.2) is 0 Å². The molecule has 3 heteroatoms. The normalized spacial score (nSPS) is 19.9. The SMILES string of the molecule is CCC[C@@H](CO)CCCCN1CCSCC1. The minimum absolute atomic E-state index is 0.383. The molecule has 2 nitrogen and oxygen atoms in total. The molecule has 0 aliphatic carbocycles. The second-order valence-corrected chi connectivity index (χ2v) is 6.01. The minimum Gasteiger partial charge on any atom is -0.396 e. The highest BCUT2D eigenvalue weighted by Crippen LogP contribution is 2.15. The van der Waals surface area contributed by atoms with Crippen LogP contribution >= 0.6 is 11.8 Å². The Balaban J connectivity index is 1.97. The third-order valence-corrected chi connectivity index (χ3v) is 4.34. The van der Waals surface area contributed by atoms with Crippen molar-refractivity contribution in [2.24, 2.45) is 5.92 Å². The van der Waals surface area contributed by atoms with E-state index in [2.05, 4.69) is 23.6 Å². The average Bonchev–Trinajstić information content (AvgIpc) is 2.34. The Morgan fingerprint density at radius 3 is 2.56 bits per heavy atom. The van der Waals surface area contributed by atoms with Crippen molar-refractivity contribution < 1.29 is 5.11 Å². The predicted octanol–water partition coefficient (Wildman–Crippen LogP) is 2.61. The van der Waals surface area contributed by atoms with Crippen molar-refractivity contribution in [2.45, 2.75) is 39.0 Å². The zero-order valence-corrected chi connectivity index (χ0v) is 11.5. The number of aliphatic hydroxyl groups is 1. The van der Waals surface area contributed by atoms with E-state index in [1.807, 2.05) is 0 Å². The Labute approximate surface area is 105 Å². The number of thioether (sulfide) groups is 1. The minimum atomic E-state index is 0.383. The highest BCUT2D eigenvalue weighted by atomic mass is 32.2. The van der Waals surface area contributed by atoms with Gasteiger partial charge in [0.25, 0.3) is 0 Å². The Morgan fingerprint density at radius 2 is 1.94 bits per heavy atom. The molecule has 1 fully saturated rings. The Bertz CT molecular complexity index is 153. The number of unbranched alkanes of at least 4 members (excludes halogenated alkanes) is 1. The summed E-state index contributed by atoms with van der Waals surface area (Å²) in [7, 11) is 0. The van der Waals surface area contributed by atoms with E-state index >= 15 is 0 Å². The maximum atomic E-state index is 9.19. The monoisotopic (exact) mass is 245 g/mol. The van der Waals surface area contributed by atoms with Crippen molar-refractivity contribution in [3.8, 4) is 0 Å². The lowest BCUT2D eigenvalue weighted by Crippen LogP contribution is -2.33. The molecule has 1 atom stereocenters. The summed E-state index contributed by atoms with van der Waals surface area (Å²) in [5.41, 5.74) is 0. The number of nitrogens with zero attached hydrogens (tertiary/aromatic N) is 1. The van der Waals surface area contributed by atoms with Crippen molar-refractivity contribution in [1.82, 2.24) is 4.90 Å². The molecule has 0 amide bonds. The van der Waals surface area contributed by atoms with E-state index < -0.39 is 0 Å². The summed E-state index contributed by atoms with van der Waals surface area (Å²) in [4.78, 5) is 2.59. The van der Waals surface area contributed by atoms with Gasteiger partial charge in [-0.3, -0.25) is 0 Å². The summed E-state index contributed by atoms with van der Waals surface area (Å²) < 4.78 is 0. The zero-order chi connectivity index (χ0) is 11.6. The van der Waals surface area contributed by atoms with Gasteiger partial charge in [0.15, 0.2) is 0 Å². The third kappa shape index (κ3) is 6.12. The maximum Gasteiger partial charge on any atom is 0.0459 e. The van der Waals surface area contributed by atoms with E-state index in [1.54, 1.807) is 0 Å². The summed E-state index contributed by atoms with van der Waals surface area (Å²) in [6.07, 6.45) is 6.21. The largest absolute Gasteiger partial charge is 0.396 e. The van der Waals surface area contributed by atoms with Gasteiger partial charge in [-0.2, -0.15) is 11.8 Å². The quantitative estimate of drug-likeness (QED) is 0.665. The fourth-order valence-electron chi connectivity index (χ4n) is 2.33. The van der Waals surface area contributed by atoms with E-state index in [-0.39, 0.29) is 0 Å². The summed E-state index contributed by atoms with van der Waals surface area (Å²) >= 11 is 2.08. The first-order valence-electron chi connectivity index (χ1n) is 6.77. The van der Waals surface area contributed by atoms with Crippen molar-refractivity contribution in [3.05, 3.63) is 0 Å². The number of rotatable bonds is 8. The van der Waals surface area contributed by atoms with Crippen LogP contribution in [0.25, 0.3) is 0 Å². The van der Waals surface area contributed by atoms with Gasteiger partial charge in [-0.05, 0) is 31.7 Å². The van der Waals surface area contributed by atoms with Crippen LogP contribution in [0.1, 0.15) is 39.0 Å². The van der Waals surface area contributed by atoms with Gasteiger partial charge < -0.3 is 10.0 Å². The van der Waals surface area contributed by atoms with Crippen LogP contribution in [0.15, 0.2) is 0 Å². The molecule has 1 saturated heterocycles. The van der Waals surface area contributed by atoms with Gasteiger partial charge in [0.2, 0.25) is 0 Å². The molecule has 1 aliphatic heterocycles. The van der Waals surface area contributed by atoms with Crippen LogP contribution in [-0.2, 0) is 0 Å². The van der Waals surface area contributed by atoms with Crippen molar-refractivity contribution >= 4 is 11.8 Å². The Hall–Kier alpha value is 0.270. The van der Waals surface area contributed by atoms with Crippen LogP contribution in [0.4, 0.5) is 0 Å². The van der Waals surface area contributed by atoms with Gasteiger partial charge in [0.05, 0.1) is 0 Å². The van der Waals surface area contributed by atoms with Gasteiger partial charge >= 0.3 is 0 Å². The lowest BCUT2D eigenvalue weighted by Gasteiger charge is -2.26. The third-order valence-electron chi connectivity index (χ3n) is 3.40. The van der Waals surface area contributed by atoms with Crippen molar-refractivity contribution in [1.29, 1.82) is 0 Å². The molecule has 0 radical (unpaired) electrons. The molecule has 0 saturated carbocycles. The van der Waals surface area contributed by atoms with Crippen molar-refractivity contribution in [3.63, 3.8) is 0 Å². The first-order valence-corrected chi connectivity index (χ1v) is 7.93. The lowest BCUT2D eigenvalue weighted by molar-refractivity contribution is 0.203. The van der Waals surface area contributed by atoms with Gasteiger partial charge in [-0.15, -0.1) is 0 Å². The molecule has 16 heavy (non-hydrogen) atoms. The number of hydrogen-bond donors (Lipinski definition) is 1. The number of hydrogen-bond acceptors (Lipinski definition) is 3. The van der Waals surface area contributed by atoms with Crippen LogP contribution < -0.4 is 0 Å². The first kappa shape index (κ1) is 14.3. The topological polar surface area (TPSA) is 23.5 Å². The van der Waals surface area contributed by atoms with Crippen LogP contribution in [-0.4, -0.2) is 47.8 Å². The molecule has 0 aromatic heterocycles. The standard InChI is InChI=1S/C13H27NOS/c1-2-5-13(12-15)6-3-4-7-14-8-10-16-11-9-14/h13,15H,2-12H2,1H3/t13-/m1/s1. The summed E-state index contributed by atoms with van der Waals surface area (Å²) in [5.74, 6) is 3.19. The molecule has 1 aliphatic rings. The molecule has 0 spiro atoms. The summed E-state index contributed by atoms with van der Waals surface area (Å²) in [6.45, 7) is 6.42. The highest BCUT2D eigenvalue weighted by Gasteiger charge is 2.10. The molecule has 0 unspecified atom stereocenters. The van der Waals surface area contributed by atoms with Crippen molar-refractivity contribution in [2.75, 3.05) is 37.7 Å². The van der Waals surface area contributed by atoms with Crippen LogP contribution in [0.3, 0.4) is 0 Å². The average molecular weight is 245 g/mol. The molecule has 1 heterocycles. The first-order chi connectivity index (χ1) is 7.86. The predicted molar refractivity (Wildman–Crippen MR) is 73.1 cm³/mol. The molecule has 0 aromatic carbocycles. The maximum absolute atomic E-state index is 9.19. The van der Waals surface area contributed by atoms with E-state index in [9.17, 15) is 5.11 Å². The molecule has 0 aromatic rings. The molecular weight excluding hydrogens is 218 g/mol.